The second-order valence-electron chi connectivity index (χ2n) is 7.89. The Balaban J connectivity index is 1.59. The van der Waals surface area contributed by atoms with Gasteiger partial charge in [-0.25, -0.2) is 14.2 Å². The molecule has 182 valence electrons. The third-order valence-corrected chi connectivity index (χ3v) is 6.35. The van der Waals surface area contributed by atoms with E-state index in [4.69, 9.17) is 9.47 Å². The van der Waals surface area contributed by atoms with Crippen LogP contribution < -0.4 is 5.32 Å². The maximum absolute atomic E-state index is 14.2. The number of pyridine rings is 1. The van der Waals surface area contributed by atoms with Crippen LogP contribution in [0, 0.1) is 5.82 Å². The van der Waals surface area contributed by atoms with E-state index in [0.717, 1.165) is 5.56 Å². The summed E-state index contributed by atoms with van der Waals surface area (Å²) in [6.45, 7) is 2.39. The molecule has 0 unspecified atom stereocenters. The standard InChI is InChI=1S/C25H25FN4O4S/c1-16-22(24(32)34-10-9-33-2)23(18-6-3-7-19(26)11-18)30-20(15-35-25(30)29-16)12-21(31)28-14-17-5-4-8-27-13-17/h3-8,11,13,15,23H,9-10,12,14H2,1-2H3,(H,28,31)/t23-/m1/s1. The summed E-state index contributed by atoms with van der Waals surface area (Å²) in [7, 11) is 1.52. The first-order valence-electron chi connectivity index (χ1n) is 11.0. The molecule has 2 aliphatic rings. The number of ether oxygens (including phenoxy) is 2. The van der Waals surface area contributed by atoms with Gasteiger partial charge in [0.25, 0.3) is 0 Å². The van der Waals surface area contributed by atoms with Crippen molar-refractivity contribution in [1.29, 1.82) is 0 Å². The highest BCUT2D eigenvalue weighted by Gasteiger charge is 2.41. The van der Waals surface area contributed by atoms with Crippen LogP contribution in [0.25, 0.3) is 0 Å². The summed E-state index contributed by atoms with van der Waals surface area (Å²) in [5.74, 6) is -1.19. The molecule has 1 atom stereocenters. The van der Waals surface area contributed by atoms with E-state index in [9.17, 15) is 14.0 Å². The number of fused-ring (bicyclic) bond motifs is 1. The molecule has 0 aliphatic carbocycles. The highest BCUT2D eigenvalue weighted by Crippen LogP contribution is 2.44. The second kappa shape index (κ2) is 11.3. The van der Waals surface area contributed by atoms with Crippen LogP contribution in [0.2, 0.25) is 0 Å². The zero-order valence-electron chi connectivity index (χ0n) is 19.4. The SMILES string of the molecule is COCCOC(=O)C1=C(C)N=C2SC=C(CC(=O)NCc3cccnc3)N2[C@@H]1c1cccc(F)c1. The third kappa shape index (κ3) is 5.77. The Morgan fingerprint density at radius 3 is 2.83 bits per heavy atom. The molecule has 0 spiro atoms. The number of benzene rings is 1. The van der Waals surface area contributed by atoms with Gasteiger partial charge in [0, 0.05) is 31.7 Å². The topological polar surface area (TPSA) is 93.1 Å². The van der Waals surface area contributed by atoms with Crippen LogP contribution in [0.15, 0.2) is 76.2 Å². The minimum Gasteiger partial charge on any atom is -0.460 e. The Kier molecular flexibility index (Phi) is 7.94. The summed E-state index contributed by atoms with van der Waals surface area (Å²) < 4.78 is 24.6. The van der Waals surface area contributed by atoms with Crippen LogP contribution in [-0.4, -0.2) is 47.3 Å². The maximum atomic E-state index is 14.2. The van der Waals surface area contributed by atoms with Crippen molar-refractivity contribution in [3.63, 3.8) is 0 Å². The molecule has 4 rings (SSSR count). The first-order chi connectivity index (χ1) is 17.0. The van der Waals surface area contributed by atoms with Gasteiger partial charge in [-0.1, -0.05) is 30.0 Å². The number of hydrogen-bond donors (Lipinski definition) is 1. The zero-order valence-corrected chi connectivity index (χ0v) is 20.2. The smallest absolute Gasteiger partial charge is 0.338 e. The molecule has 2 aromatic rings. The molecular weight excluding hydrogens is 471 g/mol. The zero-order chi connectivity index (χ0) is 24.8. The summed E-state index contributed by atoms with van der Waals surface area (Å²) in [5, 5.41) is 5.34. The minimum atomic E-state index is -0.694. The van der Waals surface area contributed by atoms with E-state index in [1.165, 1.54) is 31.0 Å². The number of amides is 1. The molecule has 0 bridgehead atoms. The van der Waals surface area contributed by atoms with Gasteiger partial charge in [-0.05, 0) is 41.7 Å². The van der Waals surface area contributed by atoms with Gasteiger partial charge >= 0.3 is 5.97 Å². The van der Waals surface area contributed by atoms with E-state index >= 15 is 0 Å². The Morgan fingerprint density at radius 1 is 1.23 bits per heavy atom. The Morgan fingerprint density at radius 2 is 2.09 bits per heavy atom. The van der Waals surface area contributed by atoms with Crippen molar-refractivity contribution >= 4 is 28.8 Å². The van der Waals surface area contributed by atoms with Gasteiger partial charge in [0.2, 0.25) is 5.91 Å². The van der Waals surface area contributed by atoms with Crippen LogP contribution in [0.1, 0.15) is 30.5 Å². The molecule has 1 aromatic carbocycles. The van der Waals surface area contributed by atoms with Gasteiger partial charge in [-0.15, -0.1) is 0 Å². The average Bonchev–Trinajstić information content (AvgIpc) is 3.24. The predicted octanol–water partition coefficient (Wildman–Crippen LogP) is 3.69. The minimum absolute atomic E-state index is 0.0587. The number of methoxy groups -OCH3 is 1. The molecule has 35 heavy (non-hydrogen) atoms. The second-order valence-corrected chi connectivity index (χ2v) is 8.73. The van der Waals surface area contributed by atoms with Gasteiger partial charge < -0.3 is 19.7 Å². The summed E-state index contributed by atoms with van der Waals surface area (Å²) in [6, 6.07) is 9.05. The third-order valence-electron chi connectivity index (χ3n) is 5.46. The van der Waals surface area contributed by atoms with Crippen LogP contribution in [0.3, 0.4) is 0 Å². The summed E-state index contributed by atoms with van der Waals surface area (Å²) >= 11 is 1.36. The van der Waals surface area contributed by atoms with E-state index in [0.29, 0.717) is 34.2 Å². The lowest BCUT2D eigenvalue weighted by atomic mass is 9.93. The lowest BCUT2D eigenvalue weighted by Crippen LogP contribution is -2.38. The van der Waals surface area contributed by atoms with Gasteiger partial charge in [0.15, 0.2) is 5.17 Å². The van der Waals surface area contributed by atoms with Crippen molar-refractivity contribution in [3.8, 4) is 0 Å². The molecule has 1 amide bonds. The number of hydrogen-bond acceptors (Lipinski definition) is 8. The quantitative estimate of drug-likeness (QED) is 0.418. The first kappa shape index (κ1) is 24.6. The van der Waals surface area contributed by atoms with Crippen LogP contribution in [-0.2, 0) is 25.6 Å². The molecule has 1 aromatic heterocycles. The Hall–Kier alpha value is -3.50. The van der Waals surface area contributed by atoms with E-state index in [-0.39, 0.29) is 25.5 Å². The Bertz CT molecular complexity index is 1200. The van der Waals surface area contributed by atoms with Gasteiger partial charge in [-0.3, -0.25) is 9.78 Å². The number of nitrogens with one attached hydrogen (secondary N) is 1. The van der Waals surface area contributed by atoms with E-state index in [1.54, 1.807) is 37.5 Å². The number of aromatic nitrogens is 1. The van der Waals surface area contributed by atoms with Crippen LogP contribution in [0.4, 0.5) is 4.39 Å². The van der Waals surface area contributed by atoms with Gasteiger partial charge in [0.1, 0.15) is 12.4 Å². The number of thioether (sulfide) groups is 1. The fourth-order valence-corrected chi connectivity index (χ4v) is 4.81. The number of amidine groups is 1. The highest BCUT2D eigenvalue weighted by molar-refractivity contribution is 8.16. The number of carbonyl (C=O) groups excluding carboxylic acids is 2. The molecule has 2 aliphatic heterocycles. The largest absolute Gasteiger partial charge is 0.460 e. The lowest BCUT2D eigenvalue weighted by Gasteiger charge is -2.36. The number of esters is 1. The van der Waals surface area contributed by atoms with E-state index < -0.39 is 17.8 Å². The molecule has 0 saturated carbocycles. The van der Waals surface area contributed by atoms with Crippen molar-refractivity contribution in [2.24, 2.45) is 4.99 Å². The maximum Gasteiger partial charge on any atom is 0.338 e. The molecule has 0 radical (unpaired) electrons. The number of halogens is 1. The molecule has 3 heterocycles. The molecule has 8 nitrogen and oxygen atoms in total. The number of aliphatic imine (C=N–C) groups is 1. The fraction of sp³-hybridized carbons (Fsp3) is 0.280. The van der Waals surface area contributed by atoms with Gasteiger partial charge in [0.05, 0.1) is 30.3 Å². The lowest BCUT2D eigenvalue weighted by molar-refractivity contribution is -0.141. The van der Waals surface area contributed by atoms with Crippen molar-refractivity contribution in [2.45, 2.75) is 25.9 Å². The van der Waals surface area contributed by atoms with Crippen molar-refractivity contribution in [1.82, 2.24) is 15.2 Å². The van der Waals surface area contributed by atoms with Gasteiger partial charge in [-0.2, -0.15) is 0 Å². The summed E-state index contributed by atoms with van der Waals surface area (Å²) in [4.78, 5) is 36.3. The molecule has 0 saturated heterocycles. The fourth-order valence-electron chi connectivity index (χ4n) is 3.85. The predicted molar refractivity (Wildman–Crippen MR) is 130 cm³/mol. The molecular formula is C25H25FN4O4S. The summed E-state index contributed by atoms with van der Waals surface area (Å²) in [6.07, 6.45) is 3.42. The molecule has 1 N–H and O–H groups in total. The summed E-state index contributed by atoms with van der Waals surface area (Å²) in [5.41, 5.74) is 2.87. The van der Waals surface area contributed by atoms with Crippen LogP contribution in [0.5, 0.6) is 0 Å². The van der Waals surface area contributed by atoms with Crippen molar-refractivity contribution in [3.05, 3.63) is 88.1 Å². The van der Waals surface area contributed by atoms with E-state index in [2.05, 4.69) is 15.3 Å². The highest BCUT2D eigenvalue weighted by atomic mass is 32.2. The first-order valence-corrected chi connectivity index (χ1v) is 11.9. The van der Waals surface area contributed by atoms with Crippen LogP contribution >= 0.6 is 11.8 Å². The number of allylic oxidation sites excluding steroid dienone is 1. The number of rotatable bonds is 9. The molecule has 10 heteroatoms. The monoisotopic (exact) mass is 496 g/mol. The number of carbonyl (C=O) groups is 2. The molecule has 0 fully saturated rings. The Labute approximate surface area is 206 Å². The van der Waals surface area contributed by atoms with Crippen molar-refractivity contribution < 1.29 is 23.5 Å². The van der Waals surface area contributed by atoms with Crippen molar-refractivity contribution in [2.75, 3.05) is 20.3 Å². The number of nitrogens with zero attached hydrogens (tertiary/aromatic N) is 3. The van der Waals surface area contributed by atoms with E-state index in [1.807, 2.05) is 16.4 Å². The normalized spacial score (nSPS) is 17.0. The average molecular weight is 497 g/mol.